The summed E-state index contributed by atoms with van der Waals surface area (Å²) in [6.07, 6.45) is 2.85. The Bertz CT molecular complexity index is 823. The molecule has 0 aliphatic heterocycles. The van der Waals surface area contributed by atoms with Crippen molar-refractivity contribution in [1.82, 2.24) is 9.55 Å². The van der Waals surface area contributed by atoms with Gasteiger partial charge < -0.3 is 9.73 Å². The van der Waals surface area contributed by atoms with Crippen LogP contribution >= 0.6 is 0 Å². The first-order valence-corrected chi connectivity index (χ1v) is 6.67. The van der Waals surface area contributed by atoms with Crippen molar-refractivity contribution in [1.29, 1.82) is 0 Å². The van der Waals surface area contributed by atoms with Crippen LogP contribution in [0.4, 0.5) is 5.69 Å². The Morgan fingerprint density at radius 1 is 1.18 bits per heavy atom. The van der Waals surface area contributed by atoms with Gasteiger partial charge in [0.1, 0.15) is 12.2 Å². The van der Waals surface area contributed by atoms with Crippen LogP contribution in [0.25, 0.3) is 11.5 Å². The Morgan fingerprint density at radius 2 is 2.00 bits per heavy atom. The minimum Gasteiger partial charge on any atom is -0.463 e. The van der Waals surface area contributed by atoms with Crippen LogP contribution in [-0.2, 0) is 11.3 Å². The Kier molecular flexibility index (Phi) is 3.82. The zero-order valence-electron chi connectivity index (χ0n) is 11.6. The molecule has 2 aromatic heterocycles. The van der Waals surface area contributed by atoms with Gasteiger partial charge in [-0.2, -0.15) is 0 Å². The number of carbonyl (C=O) groups is 1. The number of aromatic nitrogens is 2. The molecule has 6 heteroatoms. The summed E-state index contributed by atoms with van der Waals surface area (Å²) in [5.41, 5.74) is 0.806. The fourth-order valence-electron chi connectivity index (χ4n) is 1.98. The lowest BCUT2D eigenvalue weighted by molar-refractivity contribution is -0.116. The molecule has 0 radical (unpaired) electrons. The maximum Gasteiger partial charge on any atom is 0.254 e. The zero-order chi connectivity index (χ0) is 15.4. The summed E-state index contributed by atoms with van der Waals surface area (Å²) in [7, 11) is 0. The first-order chi connectivity index (χ1) is 10.7. The zero-order valence-corrected chi connectivity index (χ0v) is 11.6. The largest absolute Gasteiger partial charge is 0.463 e. The highest BCUT2D eigenvalue weighted by molar-refractivity contribution is 5.90. The van der Waals surface area contributed by atoms with Crippen molar-refractivity contribution < 1.29 is 9.21 Å². The van der Waals surface area contributed by atoms with Crippen LogP contribution in [0.5, 0.6) is 0 Å². The molecule has 110 valence electrons. The topological polar surface area (TPSA) is 77.1 Å². The smallest absolute Gasteiger partial charge is 0.254 e. The third-order valence-electron chi connectivity index (χ3n) is 3.02. The van der Waals surface area contributed by atoms with E-state index in [1.807, 2.05) is 18.2 Å². The molecule has 0 saturated heterocycles. The van der Waals surface area contributed by atoms with Crippen LogP contribution in [-0.4, -0.2) is 15.5 Å². The van der Waals surface area contributed by atoms with E-state index in [4.69, 9.17) is 4.42 Å². The molecule has 0 bridgehead atoms. The van der Waals surface area contributed by atoms with Gasteiger partial charge in [-0.15, -0.1) is 0 Å². The van der Waals surface area contributed by atoms with Gasteiger partial charge in [0, 0.05) is 11.8 Å². The monoisotopic (exact) mass is 295 g/mol. The van der Waals surface area contributed by atoms with E-state index in [2.05, 4.69) is 10.3 Å². The van der Waals surface area contributed by atoms with Crippen LogP contribution in [0.1, 0.15) is 0 Å². The molecule has 1 N–H and O–H groups in total. The third-order valence-corrected chi connectivity index (χ3v) is 3.02. The molecule has 6 nitrogen and oxygen atoms in total. The van der Waals surface area contributed by atoms with E-state index in [1.54, 1.807) is 24.3 Å². The summed E-state index contributed by atoms with van der Waals surface area (Å²) in [6, 6.07) is 13.8. The molecule has 0 saturated carbocycles. The third kappa shape index (κ3) is 3.12. The molecular weight excluding hydrogens is 282 g/mol. The fourth-order valence-corrected chi connectivity index (χ4v) is 1.98. The van der Waals surface area contributed by atoms with Crippen LogP contribution in [0.2, 0.25) is 0 Å². The number of para-hydroxylation sites is 1. The van der Waals surface area contributed by atoms with E-state index < -0.39 is 0 Å². The van der Waals surface area contributed by atoms with Crippen LogP contribution in [0.3, 0.4) is 0 Å². The van der Waals surface area contributed by atoms with E-state index in [1.165, 1.54) is 23.2 Å². The van der Waals surface area contributed by atoms with Gasteiger partial charge in [-0.25, -0.2) is 4.98 Å². The molecule has 22 heavy (non-hydrogen) atoms. The van der Waals surface area contributed by atoms with Crippen LogP contribution < -0.4 is 10.9 Å². The summed E-state index contributed by atoms with van der Waals surface area (Å²) in [5, 5.41) is 2.71. The fraction of sp³-hybridized carbons (Fsp3) is 0.0625. The lowest BCUT2D eigenvalue weighted by Crippen LogP contribution is -2.27. The molecule has 3 rings (SSSR count). The number of anilines is 1. The summed E-state index contributed by atoms with van der Waals surface area (Å²) < 4.78 is 6.43. The first-order valence-electron chi connectivity index (χ1n) is 6.67. The van der Waals surface area contributed by atoms with Gasteiger partial charge in [0.25, 0.3) is 5.56 Å². The molecule has 0 aliphatic carbocycles. The minimum atomic E-state index is -0.315. The van der Waals surface area contributed by atoms with Crippen molar-refractivity contribution in [3.05, 3.63) is 71.5 Å². The predicted molar refractivity (Wildman–Crippen MR) is 81.3 cm³/mol. The second-order valence-corrected chi connectivity index (χ2v) is 4.63. The quantitative estimate of drug-likeness (QED) is 0.800. The average molecular weight is 295 g/mol. The molecular formula is C16H13N3O3. The number of furan rings is 1. The van der Waals surface area contributed by atoms with Crippen molar-refractivity contribution in [2.75, 3.05) is 5.32 Å². The lowest BCUT2D eigenvalue weighted by atomic mass is 10.3. The van der Waals surface area contributed by atoms with E-state index >= 15 is 0 Å². The number of amides is 1. The number of benzene rings is 1. The van der Waals surface area contributed by atoms with Crippen LogP contribution in [0, 0.1) is 0 Å². The second kappa shape index (κ2) is 6.09. The Morgan fingerprint density at radius 3 is 2.68 bits per heavy atom. The number of hydrogen-bond donors (Lipinski definition) is 1. The second-order valence-electron chi connectivity index (χ2n) is 4.63. The molecule has 3 aromatic rings. The summed E-state index contributed by atoms with van der Waals surface area (Å²) in [6.45, 7) is -0.0981. The highest BCUT2D eigenvalue weighted by atomic mass is 16.3. The number of hydrogen-bond acceptors (Lipinski definition) is 4. The highest BCUT2D eigenvalue weighted by Crippen LogP contribution is 2.14. The van der Waals surface area contributed by atoms with E-state index in [0.717, 1.165) is 0 Å². The molecule has 1 aromatic carbocycles. The van der Waals surface area contributed by atoms with Crippen molar-refractivity contribution in [2.45, 2.75) is 6.54 Å². The molecule has 0 aliphatic rings. The van der Waals surface area contributed by atoms with Crippen molar-refractivity contribution in [3.63, 3.8) is 0 Å². The van der Waals surface area contributed by atoms with Gasteiger partial charge in [-0.3, -0.25) is 14.2 Å². The normalized spacial score (nSPS) is 10.4. The molecule has 2 heterocycles. The molecule has 1 amide bonds. The van der Waals surface area contributed by atoms with Crippen molar-refractivity contribution >= 4 is 11.6 Å². The molecule has 0 atom stereocenters. The minimum absolute atomic E-state index is 0.0981. The van der Waals surface area contributed by atoms with Gasteiger partial charge in [-0.1, -0.05) is 18.2 Å². The summed E-state index contributed by atoms with van der Waals surface area (Å²) >= 11 is 0. The number of rotatable bonds is 4. The van der Waals surface area contributed by atoms with E-state index in [-0.39, 0.29) is 18.0 Å². The summed E-state index contributed by atoms with van der Waals surface area (Å²) in [4.78, 5) is 28.1. The highest BCUT2D eigenvalue weighted by Gasteiger charge is 2.08. The summed E-state index contributed by atoms with van der Waals surface area (Å²) in [5.74, 6) is 0.221. The SMILES string of the molecule is O=C(Cn1cnc(-c2ccco2)cc1=O)Nc1ccccc1. The predicted octanol–water partition coefficient (Wildman–Crippen LogP) is 2.14. The number of nitrogens with one attached hydrogen (secondary N) is 1. The van der Waals surface area contributed by atoms with Crippen molar-refractivity contribution in [3.8, 4) is 11.5 Å². The molecule has 0 fully saturated rings. The number of carbonyl (C=O) groups excluding carboxylic acids is 1. The maximum absolute atomic E-state index is 12.0. The standard InChI is InChI=1S/C16H13N3O3/c20-15(18-12-5-2-1-3-6-12)10-19-11-17-13(9-16(19)21)14-7-4-8-22-14/h1-9,11H,10H2,(H,18,20). The van der Waals surface area contributed by atoms with Gasteiger partial charge in [0.05, 0.1) is 12.6 Å². The lowest BCUT2D eigenvalue weighted by Gasteiger charge is -2.07. The van der Waals surface area contributed by atoms with Gasteiger partial charge >= 0.3 is 0 Å². The van der Waals surface area contributed by atoms with Crippen LogP contribution in [0.15, 0.2) is 70.3 Å². The van der Waals surface area contributed by atoms with Gasteiger partial charge in [0.2, 0.25) is 5.91 Å². The van der Waals surface area contributed by atoms with Gasteiger partial charge in [-0.05, 0) is 24.3 Å². The van der Waals surface area contributed by atoms with E-state index in [9.17, 15) is 9.59 Å². The maximum atomic E-state index is 12.0. The van der Waals surface area contributed by atoms with Crippen molar-refractivity contribution in [2.24, 2.45) is 0 Å². The molecule has 0 unspecified atom stereocenters. The average Bonchev–Trinajstić information content (AvgIpc) is 3.04. The van der Waals surface area contributed by atoms with E-state index in [0.29, 0.717) is 17.1 Å². The first kappa shape index (κ1) is 13.8. The Balaban J connectivity index is 1.73. The Labute approximate surface area is 126 Å². The Hall–Kier alpha value is -3.15. The molecule has 0 spiro atoms. The number of nitrogens with zero attached hydrogens (tertiary/aromatic N) is 2. The van der Waals surface area contributed by atoms with Gasteiger partial charge in [0.15, 0.2) is 5.76 Å².